The van der Waals surface area contributed by atoms with Gasteiger partial charge in [-0.1, -0.05) is 18.2 Å². The van der Waals surface area contributed by atoms with E-state index >= 15 is 0 Å². The Hall–Kier alpha value is -1.07. The molecule has 0 unspecified atom stereocenters. The summed E-state index contributed by atoms with van der Waals surface area (Å²) in [6, 6.07) is 5.53. The SMILES string of the molecule is FC(F)(F)c1ccccc1COCC1CNC1. The molecule has 0 amide bonds. The van der Waals surface area contributed by atoms with E-state index in [-0.39, 0.29) is 12.2 Å². The molecule has 0 atom stereocenters. The fourth-order valence-electron chi connectivity index (χ4n) is 1.72. The smallest absolute Gasteiger partial charge is 0.376 e. The van der Waals surface area contributed by atoms with Gasteiger partial charge >= 0.3 is 6.18 Å². The van der Waals surface area contributed by atoms with Crippen molar-refractivity contribution in [1.82, 2.24) is 5.32 Å². The van der Waals surface area contributed by atoms with Crippen LogP contribution in [0.25, 0.3) is 0 Å². The molecule has 2 nitrogen and oxygen atoms in total. The number of ether oxygens (including phenoxy) is 1. The first kappa shape index (κ1) is 12.4. The Morgan fingerprint density at radius 1 is 1.24 bits per heavy atom. The average molecular weight is 245 g/mol. The van der Waals surface area contributed by atoms with Gasteiger partial charge < -0.3 is 10.1 Å². The van der Waals surface area contributed by atoms with E-state index in [2.05, 4.69) is 5.32 Å². The van der Waals surface area contributed by atoms with Crippen LogP contribution in [0.5, 0.6) is 0 Å². The van der Waals surface area contributed by atoms with E-state index in [1.165, 1.54) is 12.1 Å². The molecular weight excluding hydrogens is 231 g/mol. The molecule has 0 aliphatic carbocycles. The van der Waals surface area contributed by atoms with Crippen LogP contribution in [-0.2, 0) is 17.5 Å². The van der Waals surface area contributed by atoms with Crippen molar-refractivity contribution < 1.29 is 17.9 Å². The highest BCUT2D eigenvalue weighted by Crippen LogP contribution is 2.32. The summed E-state index contributed by atoms with van der Waals surface area (Å²) in [6.07, 6.45) is -4.31. The predicted molar refractivity (Wildman–Crippen MR) is 57.5 cm³/mol. The van der Waals surface area contributed by atoms with Gasteiger partial charge in [-0.25, -0.2) is 0 Å². The molecule has 5 heteroatoms. The second-order valence-corrected chi connectivity index (χ2v) is 4.19. The van der Waals surface area contributed by atoms with Crippen LogP contribution in [0.4, 0.5) is 13.2 Å². The number of halogens is 3. The van der Waals surface area contributed by atoms with Gasteiger partial charge in [0.2, 0.25) is 0 Å². The topological polar surface area (TPSA) is 21.3 Å². The third-order valence-electron chi connectivity index (χ3n) is 2.80. The van der Waals surface area contributed by atoms with E-state index in [4.69, 9.17) is 4.74 Å². The van der Waals surface area contributed by atoms with Gasteiger partial charge in [0.25, 0.3) is 0 Å². The molecule has 17 heavy (non-hydrogen) atoms. The van der Waals surface area contributed by atoms with Crippen LogP contribution in [0.2, 0.25) is 0 Å². The first-order chi connectivity index (χ1) is 8.07. The summed E-state index contributed by atoms with van der Waals surface area (Å²) in [6.45, 7) is 2.31. The van der Waals surface area contributed by atoms with E-state index in [1.807, 2.05) is 0 Å². The highest BCUT2D eigenvalue weighted by Gasteiger charge is 2.32. The summed E-state index contributed by atoms with van der Waals surface area (Å²) in [5.74, 6) is 0.438. The molecule has 1 aromatic rings. The van der Waals surface area contributed by atoms with Gasteiger partial charge in [0.05, 0.1) is 18.8 Å². The van der Waals surface area contributed by atoms with Crippen LogP contribution in [0.3, 0.4) is 0 Å². The zero-order chi connectivity index (χ0) is 12.3. The second kappa shape index (κ2) is 5.06. The Bertz CT molecular complexity index is 374. The van der Waals surface area contributed by atoms with E-state index in [9.17, 15) is 13.2 Å². The molecule has 0 bridgehead atoms. The number of nitrogens with one attached hydrogen (secondary N) is 1. The summed E-state index contributed by atoms with van der Waals surface area (Å²) in [7, 11) is 0. The lowest BCUT2D eigenvalue weighted by Gasteiger charge is -2.26. The van der Waals surface area contributed by atoms with Crippen molar-refractivity contribution in [1.29, 1.82) is 0 Å². The molecule has 1 heterocycles. The first-order valence-electron chi connectivity index (χ1n) is 5.51. The van der Waals surface area contributed by atoms with Crippen LogP contribution < -0.4 is 5.32 Å². The minimum atomic E-state index is -4.31. The van der Waals surface area contributed by atoms with E-state index < -0.39 is 11.7 Å². The molecule has 1 saturated heterocycles. The van der Waals surface area contributed by atoms with Crippen LogP contribution in [0, 0.1) is 5.92 Å². The van der Waals surface area contributed by atoms with Gasteiger partial charge in [-0.2, -0.15) is 13.2 Å². The molecule has 1 aliphatic rings. The van der Waals surface area contributed by atoms with Gasteiger partial charge in [-0.15, -0.1) is 0 Å². The fraction of sp³-hybridized carbons (Fsp3) is 0.500. The Balaban J connectivity index is 1.94. The number of hydrogen-bond acceptors (Lipinski definition) is 2. The van der Waals surface area contributed by atoms with Crippen molar-refractivity contribution in [3.63, 3.8) is 0 Å². The second-order valence-electron chi connectivity index (χ2n) is 4.19. The van der Waals surface area contributed by atoms with Crippen LogP contribution in [0.15, 0.2) is 24.3 Å². The van der Waals surface area contributed by atoms with Crippen LogP contribution in [0.1, 0.15) is 11.1 Å². The third kappa shape index (κ3) is 3.20. The zero-order valence-corrected chi connectivity index (χ0v) is 9.26. The molecule has 0 saturated carbocycles. The molecular formula is C12H14F3NO. The zero-order valence-electron chi connectivity index (χ0n) is 9.26. The minimum absolute atomic E-state index is 0.0200. The van der Waals surface area contributed by atoms with Crippen molar-refractivity contribution in [3.8, 4) is 0 Å². The van der Waals surface area contributed by atoms with Crippen molar-refractivity contribution in [3.05, 3.63) is 35.4 Å². The van der Waals surface area contributed by atoms with E-state index in [1.54, 1.807) is 6.07 Å². The van der Waals surface area contributed by atoms with Gasteiger partial charge in [0, 0.05) is 19.0 Å². The van der Waals surface area contributed by atoms with E-state index in [0.717, 1.165) is 19.2 Å². The predicted octanol–water partition coefficient (Wildman–Crippen LogP) is 2.44. The van der Waals surface area contributed by atoms with Crippen molar-refractivity contribution >= 4 is 0 Å². The van der Waals surface area contributed by atoms with Crippen molar-refractivity contribution in [2.24, 2.45) is 5.92 Å². The van der Waals surface area contributed by atoms with Crippen molar-refractivity contribution in [2.45, 2.75) is 12.8 Å². The maximum Gasteiger partial charge on any atom is 0.416 e. The van der Waals surface area contributed by atoms with Gasteiger partial charge in [-0.05, 0) is 11.6 Å². The van der Waals surface area contributed by atoms with E-state index in [0.29, 0.717) is 12.5 Å². The highest BCUT2D eigenvalue weighted by atomic mass is 19.4. The summed E-state index contributed by atoms with van der Waals surface area (Å²) in [5.41, 5.74) is -0.404. The number of benzene rings is 1. The molecule has 1 N–H and O–H groups in total. The Kier molecular flexibility index (Phi) is 3.69. The third-order valence-corrected chi connectivity index (χ3v) is 2.80. The first-order valence-corrected chi connectivity index (χ1v) is 5.51. The molecule has 1 aliphatic heterocycles. The number of alkyl halides is 3. The lowest BCUT2D eigenvalue weighted by Crippen LogP contribution is -2.44. The quantitative estimate of drug-likeness (QED) is 0.879. The lowest BCUT2D eigenvalue weighted by atomic mass is 10.1. The lowest BCUT2D eigenvalue weighted by molar-refractivity contribution is -0.139. The summed E-state index contributed by atoms with van der Waals surface area (Å²) in [5, 5.41) is 3.09. The fourth-order valence-corrected chi connectivity index (χ4v) is 1.72. The average Bonchev–Trinajstić information content (AvgIpc) is 2.21. The van der Waals surface area contributed by atoms with Gasteiger partial charge in [0.15, 0.2) is 0 Å². The molecule has 1 aromatic carbocycles. The van der Waals surface area contributed by atoms with Crippen LogP contribution >= 0.6 is 0 Å². The maximum atomic E-state index is 12.6. The molecule has 2 rings (SSSR count). The van der Waals surface area contributed by atoms with Gasteiger partial charge in [0.1, 0.15) is 0 Å². The largest absolute Gasteiger partial charge is 0.416 e. The number of rotatable bonds is 4. The Labute approximate surface area is 97.8 Å². The normalized spacial score (nSPS) is 16.9. The van der Waals surface area contributed by atoms with Gasteiger partial charge in [-0.3, -0.25) is 0 Å². The van der Waals surface area contributed by atoms with Crippen LogP contribution in [-0.4, -0.2) is 19.7 Å². The maximum absolute atomic E-state index is 12.6. The summed E-state index contributed by atoms with van der Waals surface area (Å²) in [4.78, 5) is 0. The summed E-state index contributed by atoms with van der Waals surface area (Å²) < 4.78 is 43.3. The molecule has 94 valence electrons. The van der Waals surface area contributed by atoms with Crippen molar-refractivity contribution in [2.75, 3.05) is 19.7 Å². The molecule has 0 aromatic heterocycles. The Morgan fingerprint density at radius 3 is 2.53 bits per heavy atom. The Morgan fingerprint density at radius 2 is 1.94 bits per heavy atom. The number of hydrogen-bond donors (Lipinski definition) is 1. The highest BCUT2D eigenvalue weighted by molar-refractivity contribution is 5.28. The summed E-state index contributed by atoms with van der Waals surface area (Å²) >= 11 is 0. The minimum Gasteiger partial charge on any atom is -0.376 e. The monoisotopic (exact) mass is 245 g/mol. The molecule has 0 radical (unpaired) electrons. The standard InChI is InChI=1S/C12H14F3NO/c13-12(14,15)11-4-2-1-3-10(11)8-17-7-9-5-16-6-9/h1-4,9,16H,5-8H2. The molecule has 1 fully saturated rings. The molecule has 0 spiro atoms.